The maximum absolute atomic E-state index is 6.72. The van der Waals surface area contributed by atoms with Gasteiger partial charge in [0.2, 0.25) is 0 Å². The standard InChI is InChI=1S/C3H9N/c1-2-3-4/h2-4H2,1H3/i2D,3D. The van der Waals surface area contributed by atoms with E-state index in [0.717, 1.165) is 0 Å². The Kier molecular flexibility index (Phi) is 1.04. The molecule has 2 atom stereocenters. The van der Waals surface area contributed by atoms with Crippen LogP contribution in [0.5, 0.6) is 0 Å². The van der Waals surface area contributed by atoms with Gasteiger partial charge in [0, 0.05) is 2.74 Å². The van der Waals surface area contributed by atoms with Crippen LogP contribution in [0.4, 0.5) is 0 Å². The first kappa shape index (κ1) is 1.41. The zero-order chi connectivity index (χ0) is 5.15. The molecule has 1 heteroatoms. The van der Waals surface area contributed by atoms with E-state index in [9.17, 15) is 0 Å². The molecule has 2 unspecified atom stereocenters. The van der Waals surface area contributed by atoms with E-state index < -0.39 is 12.9 Å². The minimum absolute atomic E-state index is 0.454. The Morgan fingerprint density at radius 3 is 2.50 bits per heavy atom. The van der Waals surface area contributed by atoms with Crippen molar-refractivity contribution in [2.24, 2.45) is 5.73 Å². The molecule has 2 N–H and O–H groups in total. The molecule has 0 aromatic rings. The molecule has 0 aromatic carbocycles. The predicted octanol–water partition coefficient (Wildman–Crippen LogP) is 0.355. The average molecular weight is 61.1 g/mol. The molecule has 0 saturated carbocycles. The summed E-state index contributed by atoms with van der Waals surface area (Å²) in [6.45, 7) is 0.863. The molecule has 0 saturated heterocycles. The van der Waals surface area contributed by atoms with E-state index in [1.165, 1.54) is 0 Å². The first-order valence-electron chi connectivity index (χ1n) is 2.40. The minimum Gasteiger partial charge on any atom is -0.330 e. The molecule has 0 fully saturated rings. The van der Waals surface area contributed by atoms with Gasteiger partial charge in [-0.2, -0.15) is 0 Å². The SMILES string of the molecule is [2H]C(C)C([2H])N. The van der Waals surface area contributed by atoms with Crippen LogP contribution in [0.2, 0.25) is 0 Å². The van der Waals surface area contributed by atoms with Crippen molar-refractivity contribution in [3.8, 4) is 0 Å². The smallest absolute Gasteiger partial charge is 0.0425 e. The van der Waals surface area contributed by atoms with E-state index in [2.05, 4.69) is 0 Å². The van der Waals surface area contributed by atoms with E-state index in [0.29, 0.717) is 0 Å². The van der Waals surface area contributed by atoms with Gasteiger partial charge >= 0.3 is 0 Å². The fourth-order valence-electron chi connectivity index (χ4n) is 0. The van der Waals surface area contributed by atoms with Gasteiger partial charge in [-0.15, -0.1) is 0 Å². The summed E-state index contributed by atoms with van der Waals surface area (Å²) in [5.74, 6) is 0. The van der Waals surface area contributed by atoms with E-state index in [-0.39, 0.29) is 0 Å². The molecule has 0 radical (unpaired) electrons. The van der Waals surface area contributed by atoms with Gasteiger partial charge in [-0.3, -0.25) is 0 Å². The second-order valence-electron chi connectivity index (χ2n) is 0.526. The number of hydrogen-bond acceptors (Lipinski definition) is 1. The summed E-state index contributed by atoms with van der Waals surface area (Å²) < 4.78 is 13.3. The van der Waals surface area contributed by atoms with Crippen molar-refractivity contribution < 1.29 is 2.74 Å². The van der Waals surface area contributed by atoms with Crippen molar-refractivity contribution >= 4 is 0 Å². The highest BCUT2D eigenvalue weighted by Crippen LogP contribution is 1.57. The van der Waals surface area contributed by atoms with E-state index in [4.69, 9.17) is 8.48 Å². The highest BCUT2D eigenvalue weighted by Gasteiger charge is 1.55. The third-order valence-electron chi connectivity index (χ3n) is 0.192. The van der Waals surface area contributed by atoms with E-state index in [1.807, 2.05) is 0 Å². The Balaban J connectivity index is 2.99. The summed E-state index contributed by atoms with van der Waals surface area (Å²) in [5.41, 5.74) is 4.91. The summed E-state index contributed by atoms with van der Waals surface area (Å²) >= 11 is 0. The molecule has 1 nitrogen and oxygen atoms in total. The largest absolute Gasteiger partial charge is 0.330 e. The normalized spacial score (nSPS) is 30.5. The summed E-state index contributed by atoms with van der Waals surface area (Å²) in [6.07, 6.45) is -0.454. The molecule has 0 heterocycles. The van der Waals surface area contributed by atoms with Crippen LogP contribution in [0.15, 0.2) is 0 Å². The highest BCUT2D eigenvalue weighted by atomic mass is 14.5. The summed E-state index contributed by atoms with van der Waals surface area (Å²) in [4.78, 5) is 0. The summed E-state index contributed by atoms with van der Waals surface area (Å²) in [6, 6.07) is 0. The molecule has 0 aromatic heterocycles. The molecular weight excluding hydrogens is 50.0 g/mol. The maximum atomic E-state index is 6.72. The molecule has 0 aliphatic carbocycles. The van der Waals surface area contributed by atoms with Crippen molar-refractivity contribution in [1.82, 2.24) is 0 Å². The van der Waals surface area contributed by atoms with Crippen molar-refractivity contribution in [2.75, 3.05) is 6.52 Å². The monoisotopic (exact) mass is 61.1 g/mol. The molecule has 26 valence electrons. The third-order valence-corrected chi connectivity index (χ3v) is 0.192. The van der Waals surface area contributed by atoms with Crippen molar-refractivity contribution in [3.05, 3.63) is 0 Å². The van der Waals surface area contributed by atoms with Crippen LogP contribution in [-0.4, -0.2) is 6.52 Å². The molecule has 0 bridgehead atoms. The molecule has 0 amide bonds. The van der Waals surface area contributed by atoms with Gasteiger partial charge in [0.15, 0.2) is 0 Å². The van der Waals surface area contributed by atoms with E-state index in [1.54, 1.807) is 6.92 Å². The Morgan fingerprint density at radius 2 is 2.50 bits per heavy atom. The number of nitrogens with two attached hydrogens (primary N) is 1. The van der Waals surface area contributed by atoms with Crippen molar-refractivity contribution in [3.63, 3.8) is 0 Å². The number of hydrogen-bond donors (Lipinski definition) is 1. The van der Waals surface area contributed by atoms with Gasteiger partial charge in [0.05, 0.1) is 0 Å². The lowest BCUT2D eigenvalue weighted by atomic mass is 10.5. The first-order chi connectivity index (χ1) is 2.64. The van der Waals surface area contributed by atoms with Gasteiger partial charge < -0.3 is 5.73 Å². The van der Waals surface area contributed by atoms with Crippen LogP contribution < -0.4 is 5.73 Å². The zero-order valence-electron chi connectivity index (χ0n) is 4.73. The molecule has 0 rings (SSSR count). The summed E-state index contributed by atoms with van der Waals surface area (Å²) in [5, 5.41) is 0. The maximum Gasteiger partial charge on any atom is 0.0425 e. The quantitative estimate of drug-likeness (QED) is 0.465. The predicted molar refractivity (Wildman–Crippen MR) is 19.3 cm³/mol. The van der Waals surface area contributed by atoms with Crippen LogP contribution in [0.1, 0.15) is 16.1 Å². The Hall–Kier alpha value is -0.0400. The second-order valence-corrected chi connectivity index (χ2v) is 0.526. The van der Waals surface area contributed by atoms with E-state index >= 15 is 0 Å². The van der Waals surface area contributed by atoms with Gasteiger partial charge in [-0.25, -0.2) is 0 Å². The highest BCUT2D eigenvalue weighted by molar-refractivity contribution is 4.19. The zero-order valence-corrected chi connectivity index (χ0v) is 2.73. The minimum atomic E-state index is -0.731. The van der Waals surface area contributed by atoms with Crippen molar-refractivity contribution in [1.29, 1.82) is 0 Å². The Bertz CT molecular complexity index is 29.8. The first-order valence-corrected chi connectivity index (χ1v) is 1.24. The molecule has 4 heavy (non-hydrogen) atoms. The van der Waals surface area contributed by atoms with Crippen LogP contribution in [0.25, 0.3) is 0 Å². The lowest BCUT2D eigenvalue weighted by molar-refractivity contribution is 0.932. The Labute approximate surface area is 29.6 Å². The molecule has 0 spiro atoms. The third kappa shape index (κ3) is 1.96. The molecular formula is C3H9N. The second kappa shape index (κ2) is 2.96. The van der Waals surface area contributed by atoms with Crippen LogP contribution in [-0.2, 0) is 0 Å². The fraction of sp³-hybridized carbons (Fsp3) is 1.00. The van der Waals surface area contributed by atoms with Crippen molar-refractivity contribution in [2.45, 2.75) is 13.3 Å². The lowest BCUT2D eigenvalue weighted by Gasteiger charge is -1.70. The Morgan fingerprint density at radius 1 is 2.25 bits per heavy atom. The molecule has 0 aliphatic heterocycles. The van der Waals surface area contributed by atoms with Gasteiger partial charge in [0.1, 0.15) is 0 Å². The summed E-state index contributed by atoms with van der Waals surface area (Å²) in [7, 11) is 0. The average Bonchev–Trinajstić information content (AvgIpc) is 1.36. The molecule has 0 aliphatic rings. The lowest BCUT2D eigenvalue weighted by Crippen LogP contribution is -1.93. The number of rotatable bonds is 1. The van der Waals surface area contributed by atoms with Crippen LogP contribution in [0, 0.1) is 0 Å². The van der Waals surface area contributed by atoms with Gasteiger partial charge in [0.25, 0.3) is 0 Å². The topological polar surface area (TPSA) is 26.0 Å². The van der Waals surface area contributed by atoms with Crippen LogP contribution >= 0.6 is 0 Å². The fourth-order valence-corrected chi connectivity index (χ4v) is 0. The van der Waals surface area contributed by atoms with Gasteiger partial charge in [-0.1, -0.05) is 6.92 Å². The van der Waals surface area contributed by atoms with Gasteiger partial charge in [-0.05, 0) is 12.9 Å². The van der Waals surface area contributed by atoms with Crippen LogP contribution in [0.3, 0.4) is 0 Å².